The molecule has 0 radical (unpaired) electrons. The summed E-state index contributed by atoms with van der Waals surface area (Å²) in [6.45, 7) is 0.679. The Morgan fingerprint density at radius 2 is 2.10 bits per heavy atom. The van der Waals surface area contributed by atoms with Gasteiger partial charge in [-0.25, -0.2) is 9.59 Å². The number of carbonyl (C=O) groups excluding carboxylic acids is 1. The number of carboxylic acids is 1. The Bertz CT molecular complexity index is 492. The molecule has 108 valence electrons. The maximum absolute atomic E-state index is 12.1. The average Bonchev–Trinajstić information content (AvgIpc) is 2.48. The first-order valence-corrected chi connectivity index (χ1v) is 7.37. The van der Waals surface area contributed by atoms with E-state index < -0.39 is 12.1 Å². The van der Waals surface area contributed by atoms with Gasteiger partial charge in [-0.15, -0.1) is 11.8 Å². The van der Waals surface area contributed by atoms with Crippen LogP contribution in [0.1, 0.15) is 0 Å². The molecule has 2 N–H and O–H groups in total. The van der Waals surface area contributed by atoms with E-state index in [0.717, 1.165) is 4.90 Å². The van der Waals surface area contributed by atoms with Gasteiger partial charge in [0.25, 0.3) is 0 Å². The van der Waals surface area contributed by atoms with E-state index in [9.17, 15) is 9.59 Å². The third-order valence-electron chi connectivity index (χ3n) is 2.97. The van der Waals surface area contributed by atoms with Gasteiger partial charge >= 0.3 is 12.0 Å². The second kappa shape index (κ2) is 6.62. The molecule has 7 heteroatoms. The number of amides is 2. The van der Waals surface area contributed by atoms with Crippen LogP contribution in [0.5, 0.6) is 0 Å². The molecule has 20 heavy (non-hydrogen) atoms. The summed E-state index contributed by atoms with van der Waals surface area (Å²) in [4.78, 5) is 25.5. The minimum atomic E-state index is -1.05. The lowest BCUT2D eigenvalue weighted by Gasteiger charge is -2.30. The van der Waals surface area contributed by atoms with Crippen LogP contribution in [0, 0.1) is 0 Å². The molecule has 0 spiro atoms. The van der Waals surface area contributed by atoms with E-state index in [1.807, 2.05) is 30.5 Å². The fourth-order valence-corrected chi connectivity index (χ4v) is 2.27. The number of urea groups is 1. The number of morpholine rings is 1. The molecule has 1 aromatic rings. The summed E-state index contributed by atoms with van der Waals surface area (Å²) in [5.41, 5.74) is 0.686. The average molecular weight is 296 g/mol. The van der Waals surface area contributed by atoms with Gasteiger partial charge in [0.1, 0.15) is 0 Å². The van der Waals surface area contributed by atoms with Gasteiger partial charge in [0.2, 0.25) is 0 Å². The van der Waals surface area contributed by atoms with Crippen molar-refractivity contribution in [2.24, 2.45) is 0 Å². The lowest BCUT2D eigenvalue weighted by atomic mass is 10.3. The largest absolute Gasteiger partial charge is 0.479 e. The van der Waals surface area contributed by atoms with Crippen LogP contribution in [0.25, 0.3) is 0 Å². The van der Waals surface area contributed by atoms with Crippen molar-refractivity contribution in [3.8, 4) is 0 Å². The highest BCUT2D eigenvalue weighted by molar-refractivity contribution is 7.98. The van der Waals surface area contributed by atoms with E-state index in [-0.39, 0.29) is 19.2 Å². The van der Waals surface area contributed by atoms with E-state index in [1.165, 1.54) is 4.90 Å². The molecular weight excluding hydrogens is 280 g/mol. The molecule has 1 saturated heterocycles. The highest BCUT2D eigenvalue weighted by Crippen LogP contribution is 2.18. The van der Waals surface area contributed by atoms with E-state index >= 15 is 0 Å². The molecule has 2 amide bonds. The van der Waals surface area contributed by atoms with Crippen molar-refractivity contribution in [2.45, 2.75) is 11.0 Å². The lowest BCUT2D eigenvalue weighted by molar-refractivity contribution is -0.154. The minimum Gasteiger partial charge on any atom is -0.479 e. The summed E-state index contributed by atoms with van der Waals surface area (Å²) in [6.07, 6.45) is 1.03. The van der Waals surface area contributed by atoms with Gasteiger partial charge in [-0.05, 0) is 30.5 Å². The van der Waals surface area contributed by atoms with Gasteiger partial charge in [0.15, 0.2) is 6.10 Å². The molecule has 0 aromatic heterocycles. The van der Waals surface area contributed by atoms with Gasteiger partial charge in [-0.3, -0.25) is 0 Å². The molecular formula is C13H16N2O4S. The highest BCUT2D eigenvalue weighted by atomic mass is 32.2. The quantitative estimate of drug-likeness (QED) is 0.830. The fraction of sp³-hybridized carbons (Fsp3) is 0.385. The number of ether oxygens (including phenoxy) is 1. The second-order valence-electron chi connectivity index (χ2n) is 4.30. The smallest absolute Gasteiger partial charge is 0.334 e. The molecule has 1 unspecified atom stereocenters. The van der Waals surface area contributed by atoms with Gasteiger partial charge in [0, 0.05) is 17.1 Å². The molecule has 1 fully saturated rings. The Hall–Kier alpha value is -1.73. The minimum absolute atomic E-state index is 0.0596. The highest BCUT2D eigenvalue weighted by Gasteiger charge is 2.28. The van der Waals surface area contributed by atoms with Crippen molar-refractivity contribution in [3.05, 3.63) is 24.3 Å². The zero-order chi connectivity index (χ0) is 14.5. The van der Waals surface area contributed by atoms with Crippen molar-refractivity contribution in [1.82, 2.24) is 4.90 Å². The van der Waals surface area contributed by atoms with Crippen LogP contribution >= 0.6 is 11.8 Å². The first kappa shape index (κ1) is 14.7. The topological polar surface area (TPSA) is 78.9 Å². The van der Waals surface area contributed by atoms with Gasteiger partial charge in [-0.2, -0.15) is 0 Å². The summed E-state index contributed by atoms with van der Waals surface area (Å²) >= 11 is 1.62. The first-order chi connectivity index (χ1) is 9.60. The molecule has 1 aromatic carbocycles. The van der Waals surface area contributed by atoms with Crippen LogP contribution in [0.4, 0.5) is 10.5 Å². The number of carbonyl (C=O) groups is 2. The van der Waals surface area contributed by atoms with Crippen molar-refractivity contribution in [2.75, 3.05) is 31.3 Å². The Balaban J connectivity index is 1.95. The zero-order valence-electron chi connectivity index (χ0n) is 11.0. The summed E-state index contributed by atoms with van der Waals surface area (Å²) in [6, 6.07) is 7.16. The van der Waals surface area contributed by atoms with Crippen LogP contribution in [0.2, 0.25) is 0 Å². The molecule has 1 aliphatic heterocycles. The maximum Gasteiger partial charge on any atom is 0.334 e. The molecule has 0 bridgehead atoms. The number of hydrogen-bond donors (Lipinski definition) is 2. The Morgan fingerprint density at radius 1 is 1.40 bits per heavy atom. The van der Waals surface area contributed by atoms with Crippen LogP contribution in [0.3, 0.4) is 0 Å². The number of nitrogens with zero attached hydrogens (tertiary/aromatic N) is 1. The van der Waals surface area contributed by atoms with E-state index in [0.29, 0.717) is 12.2 Å². The van der Waals surface area contributed by atoms with Crippen molar-refractivity contribution in [1.29, 1.82) is 0 Å². The van der Waals surface area contributed by atoms with Crippen LogP contribution in [-0.2, 0) is 9.53 Å². The van der Waals surface area contributed by atoms with E-state index in [4.69, 9.17) is 9.84 Å². The monoisotopic (exact) mass is 296 g/mol. The van der Waals surface area contributed by atoms with Crippen molar-refractivity contribution < 1.29 is 19.4 Å². The number of hydrogen-bond acceptors (Lipinski definition) is 4. The first-order valence-electron chi connectivity index (χ1n) is 6.14. The molecule has 1 atom stereocenters. The van der Waals surface area contributed by atoms with E-state index in [2.05, 4.69) is 5.32 Å². The van der Waals surface area contributed by atoms with Crippen LogP contribution in [0.15, 0.2) is 29.2 Å². The second-order valence-corrected chi connectivity index (χ2v) is 5.18. The van der Waals surface area contributed by atoms with Gasteiger partial charge in [0.05, 0.1) is 13.2 Å². The zero-order valence-corrected chi connectivity index (χ0v) is 11.9. The maximum atomic E-state index is 12.1. The normalized spacial score (nSPS) is 18.6. The van der Waals surface area contributed by atoms with Gasteiger partial charge in [-0.1, -0.05) is 0 Å². The molecule has 1 heterocycles. The number of anilines is 1. The summed E-state index contributed by atoms with van der Waals surface area (Å²) in [5, 5.41) is 11.7. The Labute approximate surface area is 121 Å². The third kappa shape index (κ3) is 3.64. The van der Waals surface area contributed by atoms with Crippen LogP contribution < -0.4 is 5.32 Å². The molecule has 2 rings (SSSR count). The van der Waals surface area contributed by atoms with Gasteiger partial charge < -0.3 is 20.1 Å². The predicted molar refractivity (Wildman–Crippen MR) is 76.2 cm³/mol. The molecule has 6 nitrogen and oxygen atoms in total. The Morgan fingerprint density at radius 3 is 2.70 bits per heavy atom. The number of aliphatic carboxylic acids is 1. The van der Waals surface area contributed by atoms with E-state index in [1.54, 1.807) is 11.8 Å². The van der Waals surface area contributed by atoms with Crippen molar-refractivity contribution >= 4 is 29.4 Å². The molecule has 0 saturated carbocycles. The SMILES string of the molecule is CSc1ccc(NC(=O)N2CCOC(C(=O)O)C2)cc1. The number of rotatable bonds is 3. The number of benzene rings is 1. The lowest BCUT2D eigenvalue weighted by Crippen LogP contribution is -2.49. The third-order valence-corrected chi connectivity index (χ3v) is 3.71. The summed E-state index contributed by atoms with van der Waals surface area (Å²) in [5.74, 6) is -1.05. The standard InChI is InChI=1S/C13H16N2O4S/c1-20-10-4-2-9(3-5-10)14-13(18)15-6-7-19-11(8-15)12(16)17/h2-5,11H,6-8H2,1H3,(H,14,18)(H,16,17). The number of nitrogens with one attached hydrogen (secondary N) is 1. The molecule has 0 aliphatic carbocycles. The fourth-order valence-electron chi connectivity index (χ4n) is 1.86. The number of thioether (sulfide) groups is 1. The summed E-state index contributed by atoms with van der Waals surface area (Å²) in [7, 11) is 0. The van der Waals surface area contributed by atoms with Crippen molar-refractivity contribution in [3.63, 3.8) is 0 Å². The summed E-state index contributed by atoms with van der Waals surface area (Å²) < 4.78 is 5.08. The molecule has 1 aliphatic rings. The Kier molecular flexibility index (Phi) is 4.86. The predicted octanol–water partition coefficient (Wildman–Crippen LogP) is 1.73. The number of carboxylic acid groups (broad SMARTS) is 1. The van der Waals surface area contributed by atoms with Crippen LogP contribution in [-0.4, -0.2) is 54.1 Å².